The standard InChI is InChI=1S/C14H23NO2S/c1-4-15-11-12-6-7-13(17-8-9-18-3)14(10-12)16-5-2/h6-7,10,15H,4-5,8-9,11H2,1-3H3. The molecule has 0 aliphatic heterocycles. The van der Waals surface area contributed by atoms with Gasteiger partial charge in [0.05, 0.1) is 13.2 Å². The average Bonchev–Trinajstić information content (AvgIpc) is 2.39. The van der Waals surface area contributed by atoms with E-state index in [2.05, 4.69) is 30.6 Å². The number of ether oxygens (including phenoxy) is 2. The lowest BCUT2D eigenvalue weighted by Crippen LogP contribution is -2.12. The zero-order chi connectivity index (χ0) is 13.2. The van der Waals surface area contributed by atoms with Gasteiger partial charge in [-0.2, -0.15) is 11.8 Å². The van der Waals surface area contributed by atoms with Gasteiger partial charge in [0.1, 0.15) is 0 Å². The Morgan fingerprint density at radius 1 is 1.17 bits per heavy atom. The summed E-state index contributed by atoms with van der Waals surface area (Å²) in [4.78, 5) is 0. The summed E-state index contributed by atoms with van der Waals surface area (Å²) in [6.45, 7) is 7.29. The minimum absolute atomic E-state index is 0.656. The Bertz CT molecular complexity index is 345. The second-order valence-electron chi connectivity index (χ2n) is 3.84. The SMILES string of the molecule is CCNCc1ccc(OCCSC)c(OCC)c1. The molecular formula is C14H23NO2S. The van der Waals surface area contributed by atoms with Crippen LogP contribution in [0.2, 0.25) is 0 Å². The van der Waals surface area contributed by atoms with Crippen molar-refractivity contribution >= 4 is 11.8 Å². The van der Waals surface area contributed by atoms with Gasteiger partial charge < -0.3 is 14.8 Å². The van der Waals surface area contributed by atoms with Crippen LogP contribution in [0.1, 0.15) is 19.4 Å². The molecule has 0 saturated carbocycles. The van der Waals surface area contributed by atoms with Crippen molar-refractivity contribution in [3.05, 3.63) is 23.8 Å². The average molecular weight is 269 g/mol. The van der Waals surface area contributed by atoms with E-state index in [1.807, 2.05) is 13.0 Å². The van der Waals surface area contributed by atoms with Crippen LogP contribution >= 0.6 is 11.8 Å². The highest BCUT2D eigenvalue weighted by atomic mass is 32.2. The van der Waals surface area contributed by atoms with Crippen molar-refractivity contribution in [2.24, 2.45) is 0 Å². The Morgan fingerprint density at radius 3 is 2.67 bits per heavy atom. The van der Waals surface area contributed by atoms with Gasteiger partial charge >= 0.3 is 0 Å². The minimum Gasteiger partial charge on any atom is -0.490 e. The predicted molar refractivity (Wildman–Crippen MR) is 78.9 cm³/mol. The molecule has 0 heterocycles. The molecule has 0 saturated heterocycles. The summed E-state index contributed by atoms with van der Waals surface area (Å²) in [5.41, 5.74) is 1.22. The first kappa shape index (κ1) is 15.2. The molecule has 0 spiro atoms. The summed E-state index contributed by atoms with van der Waals surface area (Å²) in [6, 6.07) is 6.14. The van der Waals surface area contributed by atoms with E-state index < -0.39 is 0 Å². The van der Waals surface area contributed by atoms with E-state index in [1.54, 1.807) is 11.8 Å². The van der Waals surface area contributed by atoms with Gasteiger partial charge in [-0.25, -0.2) is 0 Å². The van der Waals surface area contributed by atoms with Crippen molar-refractivity contribution in [3.8, 4) is 11.5 Å². The van der Waals surface area contributed by atoms with E-state index in [9.17, 15) is 0 Å². The Kier molecular flexibility index (Phi) is 7.69. The van der Waals surface area contributed by atoms with Gasteiger partial charge in [-0.05, 0) is 37.4 Å². The summed E-state index contributed by atoms with van der Waals surface area (Å²) in [6.07, 6.45) is 2.08. The molecule has 0 aromatic heterocycles. The first-order chi connectivity index (χ1) is 8.81. The first-order valence-corrected chi connectivity index (χ1v) is 7.79. The van der Waals surface area contributed by atoms with Crippen LogP contribution in [0.3, 0.4) is 0 Å². The van der Waals surface area contributed by atoms with Gasteiger partial charge in [-0.1, -0.05) is 13.0 Å². The van der Waals surface area contributed by atoms with Crippen LogP contribution in [-0.4, -0.2) is 31.8 Å². The molecule has 1 rings (SSSR count). The lowest BCUT2D eigenvalue weighted by Gasteiger charge is -2.13. The van der Waals surface area contributed by atoms with Crippen molar-refractivity contribution in [1.29, 1.82) is 0 Å². The van der Waals surface area contributed by atoms with Crippen molar-refractivity contribution < 1.29 is 9.47 Å². The van der Waals surface area contributed by atoms with Crippen LogP contribution in [0, 0.1) is 0 Å². The molecule has 4 heteroatoms. The van der Waals surface area contributed by atoms with Crippen LogP contribution < -0.4 is 14.8 Å². The maximum atomic E-state index is 5.72. The molecule has 0 bridgehead atoms. The van der Waals surface area contributed by atoms with E-state index >= 15 is 0 Å². The van der Waals surface area contributed by atoms with E-state index in [1.165, 1.54) is 5.56 Å². The summed E-state index contributed by atoms with van der Waals surface area (Å²) in [5, 5.41) is 3.31. The van der Waals surface area contributed by atoms with Gasteiger partial charge in [0.15, 0.2) is 11.5 Å². The normalized spacial score (nSPS) is 10.4. The largest absolute Gasteiger partial charge is 0.490 e. The van der Waals surface area contributed by atoms with Crippen LogP contribution in [-0.2, 0) is 6.54 Å². The fraction of sp³-hybridized carbons (Fsp3) is 0.571. The number of nitrogens with one attached hydrogen (secondary N) is 1. The van der Waals surface area contributed by atoms with Crippen molar-refractivity contribution in [2.75, 3.05) is 31.8 Å². The number of rotatable bonds is 9. The van der Waals surface area contributed by atoms with Gasteiger partial charge in [-0.3, -0.25) is 0 Å². The molecular weight excluding hydrogens is 246 g/mol. The highest BCUT2D eigenvalue weighted by Crippen LogP contribution is 2.28. The van der Waals surface area contributed by atoms with Crippen molar-refractivity contribution in [2.45, 2.75) is 20.4 Å². The third-order valence-electron chi connectivity index (χ3n) is 2.43. The number of hydrogen-bond donors (Lipinski definition) is 1. The number of benzene rings is 1. The molecule has 0 atom stereocenters. The molecule has 0 radical (unpaired) electrons. The van der Waals surface area contributed by atoms with Gasteiger partial charge in [0.25, 0.3) is 0 Å². The molecule has 102 valence electrons. The molecule has 0 aliphatic rings. The summed E-state index contributed by atoms with van der Waals surface area (Å²) in [7, 11) is 0. The zero-order valence-corrected chi connectivity index (χ0v) is 12.3. The van der Waals surface area contributed by atoms with Gasteiger partial charge in [0.2, 0.25) is 0 Å². The predicted octanol–water partition coefficient (Wildman–Crippen LogP) is 2.94. The topological polar surface area (TPSA) is 30.5 Å². The van der Waals surface area contributed by atoms with Crippen molar-refractivity contribution in [1.82, 2.24) is 5.32 Å². The maximum Gasteiger partial charge on any atom is 0.161 e. The highest BCUT2D eigenvalue weighted by Gasteiger charge is 2.06. The van der Waals surface area contributed by atoms with E-state index in [0.717, 1.165) is 30.3 Å². The molecule has 18 heavy (non-hydrogen) atoms. The fourth-order valence-electron chi connectivity index (χ4n) is 1.55. The number of hydrogen-bond acceptors (Lipinski definition) is 4. The smallest absolute Gasteiger partial charge is 0.161 e. The Balaban J connectivity index is 2.69. The third-order valence-corrected chi connectivity index (χ3v) is 3.01. The van der Waals surface area contributed by atoms with Crippen LogP contribution in [0.5, 0.6) is 11.5 Å². The molecule has 0 unspecified atom stereocenters. The zero-order valence-electron chi connectivity index (χ0n) is 11.5. The van der Waals surface area contributed by atoms with E-state index in [-0.39, 0.29) is 0 Å². The molecule has 0 aliphatic carbocycles. The Morgan fingerprint density at radius 2 is 2.00 bits per heavy atom. The van der Waals surface area contributed by atoms with Crippen LogP contribution in [0.15, 0.2) is 18.2 Å². The van der Waals surface area contributed by atoms with E-state index in [4.69, 9.17) is 9.47 Å². The molecule has 0 amide bonds. The highest BCUT2D eigenvalue weighted by molar-refractivity contribution is 7.98. The lowest BCUT2D eigenvalue weighted by atomic mass is 10.2. The molecule has 1 aromatic carbocycles. The lowest BCUT2D eigenvalue weighted by molar-refractivity contribution is 0.289. The van der Waals surface area contributed by atoms with Gasteiger partial charge in [-0.15, -0.1) is 0 Å². The van der Waals surface area contributed by atoms with Gasteiger partial charge in [0, 0.05) is 12.3 Å². The Labute approximate surface area is 114 Å². The first-order valence-electron chi connectivity index (χ1n) is 6.40. The second-order valence-corrected chi connectivity index (χ2v) is 4.82. The van der Waals surface area contributed by atoms with Crippen molar-refractivity contribution in [3.63, 3.8) is 0 Å². The summed E-state index contributed by atoms with van der Waals surface area (Å²) in [5.74, 6) is 2.67. The fourth-order valence-corrected chi connectivity index (χ4v) is 1.80. The second kappa shape index (κ2) is 9.11. The third kappa shape index (κ3) is 5.19. The molecule has 0 fully saturated rings. The quantitative estimate of drug-likeness (QED) is 0.698. The molecule has 1 N–H and O–H groups in total. The summed E-state index contributed by atoms with van der Waals surface area (Å²) < 4.78 is 11.4. The Hall–Kier alpha value is -0.870. The number of thioether (sulfide) groups is 1. The molecule has 1 aromatic rings. The molecule has 3 nitrogen and oxygen atoms in total. The monoisotopic (exact) mass is 269 g/mol. The van der Waals surface area contributed by atoms with E-state index in [0.29, 0.717) is 13.2 Å². The summed E-state index contributed by atoms with van der Waals surface area (Å²) >= 11 is 1.78. The maximum absolute atomic E-state index is 5.72. The van der Waals surface area contributed by atoms with Crippen LogP contribution in [0.4, 0.5) is 0 Å². The minimum atomic E-state index is 0.656. The van der Waals surface area contributed by atoms with Crippen LogP contribution in [0.25, 0.3) is 0 Å².